The van der Waals surface area contributed by atoms with Crippen molar-refractivity contribution < 1.29 is 15.0 Å². The Morgan fingerprint density at radius 3 is 2.30 bits per heavy atom. The number of rotatable bonds is 6. The molecule has 3 N–H and O–H groups in total. The van der Waals surface area contributed by atoms with Gasteiger partial charge in [-0.15, -0.1) is 10.2 Å². The maximum atomic E-state index is 11.5. The number of aliphatic carboxylic acids is 1. The van der Waals surface area contributed by atoms with Crippen molar-refractivity contribution in [2.45, 2.75) is 95.3 Å². The Bertz CT molecular complexity index is 1430. The zero-order valence-corrected chi connectivity index (χ0v) is 28.1. The van der Waals surface area contributed by atoms with E-state index in [-0.39, 0.29) is 11.7 Å². The maximum absolute atomic E-state index is 11.5. The molecule has 0 radical (unpaired) electrons. The van der Waals surface area contributed by atoms with E-state index in [0.717, 1.165) is 86.9 Å². The smallest absolute Gasteiger partial charge is 0.306 e. The number of nitrogens with one attached hydrogen (secondary N) is 1. The van der Waals surface area contributed by atoms with Crippen LogP contribution in [0.4, 0.5) is 11.5 Å². The van der Waals surface area contributed by atoms with Gasteiger partial charge in [0.2, 0.25) is 0 Å². The molecular weight excluding hydrogens is 590 g/mol. The molecule has 0 bridgehead atoms. The normalized spacial score (nSPS) is 32.7. The average molecular weight is 644 g/mol. The molecule has 4 aliphatic heterocycles. The van der Waals surface area contributed by atoms with E-state index < -0.39 is 5.97 Å². The fourth-order valence-electron chi connectivity index (χ4n) is 10.7. The summed E-state index contributed by atoms with van der Waals surface area (Å²) in [4.78, 5) is 22.4. The van der Waals surface area contributed by atoms with Gasteiger partial charge >= 0.3 is 5.97 Å². The van der Waals surface area contributed by atoms with Crippen molar-refractivity contribution in [1.29, 1.82) is 0 Å². The number of piperidine rings is 2. The lowest BCUT2D eigenvalue weighted by atomic mass is 9.49. The number of carbonyl (C=O) groups is 1. The van der Waals surface area contributed by atoms with Crippen LogP contribution in [-0.4, -0.2) is 118 Å². The van der Waals surface area contributed by atoms with Crippen LogP contribution < -0.4 is 10.2 Å². The molecule has 2 aliphatic carbocycles. The molecule has 5 fully saturated rings. The number of hydrogen-bond acceptors (Lipinski definition) is 9. The average Bonchev–Trinajstić information content (AvgIpc) is 3.11. The molecule has 254 valence electrons. The van der Waals surface area contributed by atoms with Gasteiger partial charge in [-0.2, -0.15) is 0 Å². The number of benzene rings is 1. The van der Waals surface area contributed by atoms with Crippen LogP contribution in [0.3, 0.4) is 0 Å². The summed E-state index contributed by atoms with van der Waals surface area (Å²) in [5.41, 5.74) is 2.96. The molecule has 10 heteroatoms. The largest absolute Gasteiger partial charge is 0.507 e. The number of hydrogen-bond donors (Lipinski definition) is 3. The molecule has 5 heterocycles. The van der Waals surface area contributed by atoms with Crippen molar-refractivity contribution in [3.8, 4) is 17.0 Å². The van der Waals surface area contributed by atoms with Gasteiger partial charge in [0.05, 0.1) is 23.3 Å². The van der Waals surface area contributed by atoms with Gasteiger partial charge in [-0.1, -0.05) is 25.5 Å². The number of phenolic OH excluding ortho intramolecular Hbond substituents is 1. The van der Waals surface area contributed by atoms with Gasteiger partial charge < -0.3 is 25.3 Å². The van der Waals surface area contributed by atoms with Crippen molar-refractivity contribution in [2.75, 3.05) is 62.6 Å². The Kier molecular flexibility index (Phi) is 8.55. The van der Waals surface area contributed by atoms with Crippen LogP contribution >= 0.6 is 0 Å². The Morgan fingerprint density at radius 1 is 0.894 bits per heavy atom. The third kappa shape index (κ3) is 5.78. The summed E-state index contributed by atoms with van der Waals surface area (Å²) in [5.74, 6) is 1.15. The summed E-state index contributed by atoms with van der Waals surface area (Å²) in [6.45, 7) is 11.3. The number of carboxylic acids is 1. The lowest BCUT2D eigenvalue weighted by Gasteiger charge is -2.62. The van der Waals surface area contributed by atoms with Crippen molar-refractivity contribution in [3.05, 3.63) is 30.3 Å². The van der Waals surface area contributed by atoms with E-state index in [1.165, 1.54) is 64.7 Å². The number of phenols is 1. The Labute approximate surface area is 279 Å². The molecule has 0 unspecified atom stereocenters. The van der Waals surface area contributed by atoms with Crippen LogP contribution in [0.25, 0.3) is 11.3 Å². The predicted molar refractivity (Wildman–Crippen MR) is 184 cm³/mol. The number of aromatic hydroxyl groups is 1. The van der Waals surface area contributed by atoms with Gasteiger partial charge in [-0.3, -0.25) is 14.6 Å². The fourth-order valence-corrected chi connectivity index (χ4v) is 10.7. The molecule has 2 saturated carbocycles. The quantitative estimate of drug-likeness (QED) is 0.408. The van der Waals surface area contributed by atoms with E-state index >= 15 is 0 Å². The summed E-state index contributed by atoms with van der Waals surface area (Å²) in [7, 11) is 0. The van der Waals surface area contributed by atoms with Crippen LogP contribution in [0.15, 0.2) is 30.3 Å². The lowest BCUT2D eigenvalue weighted by Crippen LogP contribution is -2.63. The number of likely N-dealkylation sites (tertiary alicyclic amines) is 2. The highest BCUT2D eigenvalue weighted by Gasteiger charge is 2.56. The van der Waals surface area contributed by atoms with Crippen molar-refractivity contribution >= 4 is 17.5 Å². The molecule has 1 aromatic carbocycles. The van der Waals surface area contributed by atoms with E-state index in [0.29, 0.717) is 23.2 Å². The van der Waals surface area contributed by atoms with Crippen molar-refractivity contribution in [3.63, 3.8) is 0 Å². The van der Waals surface area contributed by atoms with Crippen LogP contribution in [0.1, 0.15) is 71.1 Å². The van der Waals surface area contributed by atoms with E-state index in [4.69, 9.17) is 0 Å². The van der Waals surface area contributed by atoms with Gasteiger partial charge in [-0.25, -0.2) is 0 Å². The highest BCUT2D eigenvalue weighted by molar-refractivity contribution is 5.76. The number of piperazine rings is 1. The first-order valence-electron chi connectivity index (χ1n) is 18.5. The minimum absolute atomic E-state index is 0.107. The van der Waals surface area contributed by atoms with E-state index in [9.17, 15) is 15.0 Å². The van der Waals surface area contributed by atoms with E-state index in [1.807, 2.05) is 18.2 Å². The van der Waals surface area contributed by atoms with Gasteiger partial charge in [0.15, 0.2) is 5.82 Å². The van der Waals surface area contributed by atoms with E-state index in [2.05, 4.69) is 48.1 Å². The third-order valence-electron chi connectivity index (χ3n) is 13.4. The second kappa shape index (κ2) is 12.8. The maximum Gasteiger partial charge on any atom is 0.306 e. The highest BCUT2D eigenvalue weighted by Crippen LogP contribution is 2.59. The zero-order valence-electron chi connectivity index (χ0n) is 28.1. The molecule has 6 aliphatic rings. The number of anilines is 2. The first kappa shape index (κ1) is 31.3. The molecule has 10 nitrogen and oxygen atoms in total. The first-order valence-corrected chi connectivity index (χ1v) is 18.5. The second-order valence-corrected chi connectivity index (χ2v) is 15.5. The Morgan fingerprint density at radius 2 is 1.60 bits per heavy atom. The lowest BCUT2D eigenvalue weighted by molar-refractivity contribution is -0.149. The SMILES string of the molecule is CC[C@@H]1[C@@H](N2CCC(N3CCC(N4CCN5c6cc(-c7ccccc7O)nnc6NC[C@H]5C4)CC3)CC2)CC12CCC(C(=O)O)CC2. The number of para-hydroxylation sites is 1. The standard InChI is InChI=1S/C37H53N7O3/c1-2-30-33(22-37(30)13-7-25(8-14-37)36(46)47)42-17-11-26(12-18-42)41-15-9-27(10-16-41)43-19-20-44-28(24-43)23-38-35-32(44)21-31(39-40-35)29-5-3-4-6-34(29)45/h3-6,21,25-28,30,33,45H,2,7-20,22-24H2,1H3,(H,38,40)(H,46,47)/t25?,28-,30+,33-,37?/m0/s1. The van der Waals surface area contributed by atoms with Gasteiger partial charge in [-0.05, 0) is 113 Å². The Hall–Kier alpha value is -2.95. The van der Waals surface area contributed by atoms with Crippen LogP contribution in [0.2, 0.25) is 0 Å². The number of carboxylic acid groups (broad SMARTS) is 1. The third-order valence-corrected chi connectivity index (χ3v) is 13.4. The minimum Gasteiger partial charge on any atom is -0.507 e. The topological polar surface area (TPSA) is 108 Å². The number of fused-ring (bicyclic) bond motifs is 3. The highest BCUT2D eigenvalue weighted by atomic mass is 16.4. The van der Waals surface area contributed by atoms with Crippen LogP contribution in [0.5, 0.6) is 5.75 Å². The molecular formula is C37H53N7O3. The summed E-state index contributed by atoms with van der Waals surface area (Å²) in [6.07, 6.45) is 11.7. The number of nitrogens with zero attached hydrogens (tertiary/aromatic N) is 6. The molecule has 0 amide bonds. The molecule has 47 heavy (non-hydrogen) atoms. The van der Waals surface area contributed by atoms with Crippen LogP contribution in [0, 0.1) is 17.3 Å². The predicted octanol–water partition coefficient (Wildman–Crippen LogP) is 4.75. The van der Waals surface area contributed by atoms with Gasteiger partial charge in [0.1, 0.15) is 5.75 Å². The van der Waals surface area contributed by atoms with Gasteiger partial charge in [0.25, 0.3) is 0 Å². The second-order valence-electron chi connectivity index (χ2n) is 15.5. The van der Waals surface area contributed by atoms with Crippen molar-refractivity contribution in [1.82, 2.24) is 24.9 Å². The minimum atomic E-state index is -0.582. The Balaban J connectivity index is 0.811. The molecule has 2 aromatic rings. The first-order chi connectivity index (χ1) is 22.9. The molecule has 1 aromatic heterocycles. The molecule has 3 saturated heterocycles. The fraction of sp³-hybridized carbons (Fsp3) is 0.703. The summed E-state index contributed by atoms with van der Waals surface area (Å²) in [6, 6.07) is 12.0. The summed E-state index contributed by atoms with van der Waals surface area (Å²) in [5, 5.41) is 32.3. The van der Waals surface area contributed by atoms with Gasteiger partial charge in [0, 0.05) is 49.9 Å². The zero-order chi connectivity index (χ0) is 32.1. The molecule has 8 rings (SSSR count). The number of aromatic nitrogens is 2. The summed E-state index contributed by atoms with van der Waals surface area (Å²) < 4.78 is 0. The monoisotopic (exact) mass is 643 g/mol. The summed E-state index contributed by atoms with van der Waals surface area (Å²) >= 11 is 0. The van der Waals surface area contributed by atoms with Crippen LogP contribution in [-0.2, 0) is 4.79 Å². The molecule has 1 spiro atoms. The van der Waals surface area contributed by atoms with Crippen molar-refractivity contribution in [2.24, 2.45) is 17.3 Å². The molecule has 3 atom stereocenters. The van der Waals surface area contributed by atoms with E-state index in [1.54, 1.807) is 6.07 Å².